The summed E-state index contributed by atoms with van der Waals surface area (Å²) in [7, 11) is 0. The molecule has 120 valence electrons. The molecule has 0 saturated carbocycles. The SMILES string of the molecule is CC(=O)CC1=C(COc2ccccc2)C(=O)c2ccccc2C1=O. The highest BCUT2D eigenvalue weighted by Gasteiger charge is 2.32. The van der Waals surface area contributed by atoms with Gasteiger partial charge in [0.2, 0.25) is 0 Å². The molecule has 4 nitrogen and oxygen atoms in total. The summed E-state index contributed by atoms with van der Waals surface area (Å²) in [5, 5.41) is 0. The van der Waals surface area contributed by atoms with Crippen LogP contribution in [-0.2, 0) is 4.79 Å². The Labute approximate surface area is 139 Å². The Bertz CT molecular complexity index is 847. The van der Waals surface area contributed by atoms with Crippen molar-refractivity contribution >= 4 is 17.3 Å². The van der Waals surface area contributed by atoms with Crippen molar-refractivity contribution in [3.63, 3.8) is 0 Å². The Morgan fingerprint density at radius 2 is 1.38 bits per heavy atom. The van der Waals surface area contributed by atoms with Crippen molar-refractivity contribution in [3.05, 3.63) is 76.9 Å². The molecule has 1 aliphatic rings. The molecular weight excluding hydrogens is 304 g/mol. The summed E-state index contributed by atoms with van der Waals surface area (Å²) in [4.78, 5) is 37.0. The number of carbonyl (C=O) groups excluding carboxylic acids is 3. The van der Waals surface area contributed by atoms with E-state index in [1.807, 2.05) is 18.2 Å². The van der Waals surface area contributed by atoms with Gasteiger partial charge in [0.25, 0.3) is 0 Å². The molecule has 0 saturated heterocycles. The minimum absolute atomic E-state index is 0.0362. The van der Waals surface area contributed by atoms with Gasteiger partial charge in [-0.25, -0.2) is 0 Å². The van der Waals surface area contributed by atoms with E-state index in [1.54, 1.807) is 36.4 Å². The van der Waals surface area contributed by atoms with Crippen molar-refractivity contribution in [1.29, 1.82) is 0 Å². The van der Waals surface area contributed by atoms with E-state index in [0.29, 0.717) is 16.9 Å². The lowest BCUT2D eigenvalue weighted by atomic mass is 9.82. The Morgan fingerprint density at radius 3 is 1.96 bits per heavy atom. The Balaban J connectivity index is 1.99. The van der Waals surface area contributed by atoms with E-state index >= 15 is 0 Å². The van der Waals surface area contributed by atoms with Crippen LogP contribution in [0.25, 0.3) is 0 Å². The molecule has 24 heavy (non-hydrogen) atoms. The van der Waals surface area contributed by atoms with Crippen molar-refractivity contribution in [2.24, 2.45) is 0 Å². The van der Waals surface area contributed by atoms with E-state index in [1.165, 1.54) is 6.92 Å². The summed E-state index contributed by atoms with van der Waals surface area (Å²) in [5.74, 6) is -0.0848. The Kier molecular flexibility index (Phi) is 4.38. The number of allylic oxidation sites excluding steroid dienone is 1. The second kappa shape index (κ2) is 6.62. The van der Waals surface area contributed by atoms with Crippen LogP contribution in [0.2, 0.25) is 0 Å². The maximum Gasteiger partial charge on any atom is 0.193 e. The maximum absolute atomic E-state index is 12.8. The van der Waals surface area contributed by atoms with Gasteiger partial charge in [0.1, 0.15) is 18.1 Å². The predicted octanol–water partition coefficient (Wildman–Crippen LogP) is 3.42. The Hall–Kier alpha value is -3.01. The van der Waals surface area contributed by atoms with Crippen molar-refractivity contribution in [2.75, 3.05) is 6.61 Å². The topological polar surface area (TPSA) is 60.4 Å². The summed E-state index contributed by atoms with van der Waals surface area (Å²) >= 11 is 0. The molecule has 0 aliphatic heterocycles. The molecule has 0 amide bonds. The van der Waals surface area contributed by atoms with Crippen molar-refractivity contribution in [1.82, 2.24) is 0 Å². The van der Waals surface area contributed by atoms with Crippen LogP contribution < -0.4 is 4.74 Å². The number of hydrogen-bond donors (Lipinski definition) is 0. The minimum Gasteiger partial charge on any atom is -0.489 e. The highest BCUT2D eigenvalue weighted by molar-refractivity contribution is 6.27. The molecule has 3 rings (SSSR count). The molecule has 0 fully saturated rings. The monoisotopic (exact) mass is 320 g/mol. The first-order valence-corrected chi connectivity index (χ1v) is 7.65. The van der Waals surface area contributed by atoms with Gasteiger partial charge in [-0.3, -0.25) is 14.4 Å². The second-order valence-corrected chi connectivity index (χ2v) is 5.64. The third-order valence-electron chi connectivity index (χ3n) is 3.88. The summed E-state index contributed by atoms with van der Waals surface area (Å²) in [5.41, 5.74) is 1.21. The number of ketones is 3. The lowest BCUT2D eigenvalue weighted by Gasteiger charge is -2.20. The highest BCUT2D eigenvalue weighted by Crippen LogP contribution is 2.28. The van der Waals surface area contributed by atoms with E-state index in [2.05, 4.69) is 0 Å². The molecule has 1 aliphatic carbocycles. The van der Waals surface area contributed by atoms with Gasteiger partial charge < -0.3 is 4.74 Å². The molecule has 0 spiro atoms. The van der Waals surface area contributed by atoms with E-state index in [4.69, 9.17) is 4.74 Å². The molecule has 4 heteroatoms. The molecule has 2 aromatic carbocycles. The van der Waals surface area contributed by atoms with E-state index < -0.39 is 0 Å². The van der Waals surface area contributed by atoms with Gasteiger partial charge in [-0.05, 0) is 19.1 Å². The number of rotatable bonds is 5. The number of hydrogen-bond acceptors (Lipinski definition) is 4. The van der Waals surface area contributed by atoms with Crippen LogP contribution in [0.5, 0.6) is 5.75 Å². The zero-order valence-electron chi connectivity index (χ0n) is 13.2. The number of ether oxygens (including phenoxy) is 1. The van der Waals surface area contributed by atoms with Crippen LogP contribution in [0, 0.1) is 0 Å². The van der Waals surface area contributed by atoms with Gasteiger partial charge in [-0.2, -0.15) is 0 Å². The molecule has 0 heterocycles. The lowest BCUT2D eigenvalue weighted by Crippen LogP contribution is -2.26. The fourth-order valence-corrected chi connectivity index (χ4v) is 2.74. The van der Waals surface area contributed by atoms with Gasteiger partial charge in [0.05, 0.1) is 0 Å². The van der Waals surface area contributed by atoms with Crippen LogP contribution in [0.1, 0.15) is 34.1 Å². The van der Waals surface area contributed by atoms with Crippen LogP contribution in [0.4, 0.5) is 0 Å². The van der Waals surface area contributed by atoms with Crippen molar-refractivity contribution in [2.45, 2.75) is 13.3 Å². The van der Waals surface area contributed by atoms with Gasteiger partial charge in [0, 0.05) is 28.7 Å². The third kappa shape index (κ3) is 3.04. The van der Waals surface area contributed by atoms with Crippen molar-refractivity contribution < 1.29 is 19.1 Å². The fraction of sp³-hybridized carbons (Fsp3) is 0.150. The number of benzene rings is 2. The lowest BCUT2D eigenvalue weighted by molar-refractivity contribution is -0.116. The summed E-state index contributed by atoms with van der Waals surface area (Å²) in [6, 6.07) is 15.7. The molecule has 0 atom stereocenters. The number of para-hydroxylation sites is 1. The van der Waals surface area contributed by atoms with Crippen LogP contribution in [0.15, 0.2) is 65.7 Å². The molecule has 2 aromatic rings. The normalized spacial score (nSPS) is 13.7. The zero-order chi connectivity index (χ0) is 17.1. The van der Waals surface area contributed by atoms with Crippen LogP contribution in [-0.4, -0.2) is 24.0 Å². The summed E-state index contributed by atoms with van der Waals surface area (Å²) < 4.78 is 5.65. The molecule has 0 radical (unpaired) electrons. The molecule has 0 aromatic heterocycles. The number of carbonyl (C=O) groups is 3. The summed E-state index contributed by atoms with van der Waals surface area (Å²) in [6.07, 6.45) is -0.0631. The quantitative estimate of drug-likeness (QED) is 0.847. The van der Waals surface area contributed by atoms with E-state index in [0.717, 1.165) is 0 Å². The zero-order valence-corrected chi connectivity index (χ0v) is 13.2. The minimum atomic E-state index is -0.271. The van der Waals surface area contributed by atoms with Gasteiger partial charge in [0.15, 0.2) is 11.6 Å². The largest absolute Gasteiger partial charge is 0.489 e. The fourth-order valence-electron chi connectivity index (χ4n) is 2.74. The van der Waals surface area contributed by atoms with E-state index in [9.17, 15) is 14.4 Å². The van der Waals surface area contributed by atoms with Crippen molar-refractivity contribution in [3.8, 4) is 5.75 Å². The maximum atomic E-state index is 12.8. The first-order chi connectivity index (χ1) is 11.6. The van der Waals surface area contributed by atoms with Gasteiger partial charge >= 0.3 is 0 Å². The van der Waals surface area contributed by atoms with E-state index in [-0.39, 0.29) is 41.5 Å². The number of Topliss-reactive ketones (excluding diaryl/α,β-unsaturated/α-hetero) is 3. The standard InChI is InChI=1S/C20H16O4/c1-13(21)11-17-18(12-24-14-7-3-2-4-8-14)20(23)16-10-6-5-9-15(16)19(17)22/h2-10H,11-12H2,1H3. The molecule has 0 bridgehead atoms. The molecule has 0 N–H and O–H groups in total. The average Bonchev–Trinajstić information content (AvgIpc) is 2.59. The van der Waals surface area contributed by atoms with Crippen LogP contribution >= 0.6 is 0 Å². The first-order valence-electron chi connectivity index (χ1n) is 7.65. The van der Waals surface area contributed by atoms with Crippen LogP contribution in [0.3, 0.4) is 0 Å². The third-order valence-corrected chi connectivity index (χ3v) is 3.88. The predicted molar refractivity (Wildman–Crippen MR) is 89.4 cm³/mol. The molecular formula is C20H16O4. The second-order valence-electron chi connectivity index (χ2n) is 5.64. The smallest absolute Gasteiger partial charge is 0.193 e. The molecule has 0 unspecified atom stereocenters. The summed E-state index contributed by atoms with van der Waals surface area (Å²) in [6.45, 7) is 1.37. The number of fused-ring (bicyclic) bond motifs is 1. The highest BCUT2D eigenvalue weighted by atomic mass is 16.5. The van der Waals surface area contributed by atoms with Gasteiger partial charge in [-0.1, -0.05) is 42.5 Å². The first kappa shape index (κ1) is 15.9. The average molecular weight is 320 g/mol. The Morgan fingerprint density at radius 1 is 0.833 bits per heavy atom. The van der Waals surface area contributed by atoms with Gasteiger partial charge in [-0.15, -0.1) is 0 Å².